The van der Waals surface area contributed by atoms with E-state index in [1.807, 2.05) is 6.92 Å². The van der Waals surface area contributed by atoms with Gasteiger partial charge >= 0.3 is 7.12 Å². The first-order valence-corrected chi connectivity index (χ1v) is 5.36. The summed E-state index contributed by atoms with van der Waals surface area (Å²) in [5, 5.41) is 19.4. The summed E-state index contributed by atoms with van der Waals surface area (Å²) in [6.45, 7) is 9.79. The predicted molar refractivity (Wildman–Crippen MR) is 60.7 cm³/mol. The Hall–Kier alpha value is -0.0951. The lowest BCUT2D eigenvalue weighted by Gasteiger charge is -2.38. The van der Waals surface area contributed by atoms with E-state index >= 15 is 0 Å². The normalized spacial score (nSPS) is 13.0. The standard InChI is InChI=1S/C10H23BO4/c1-6-14-8-7-11(13)15-10(4,5)9(2,3)12/h12-13H,6-8H2,1-5H3. The molecule has 0 rings (SSSR count). The van der Waals surface area contributed by atoms with Gasteiger partial charge in [0.25, 0.3) is 0 Å². The minimum absolute atomic E-state index is 0.410. The van der Waals surface area contributed by atoms with Gasteiger partial charge in [0.15, 0.2) is 0 Å². The Bertz CT molecular complexity index is 177. The van der Waals surface area contributed by atoms with Crippen LogP contribution in [0.15, 0.2) is 0 Å². The molecule has 0 spiro atoms. The maximum absolute atomic E-state index is 9.80. The van der Waals surface area contributed by atoms with E-state index in [4.69, 9.17) is 9.39 Å². The van der Waals surface area contributed by atoms with Crippen LogP contribution in [0.5, 0.6) is 0 Å². The molecule has 0 heterocycles. The van der Waals surface area contributed by atoms with Gasteiger partial charge in [-0.05, 0) is 34.6 Å². The molecule has 0 saturated carbocycles. The SMILES string of the molecule is CCOCCB(O)OC(C)(C)C(C)(C)O. The first-order chi connectivity index (χ1) is 6.70. The Labute approximate surface area is 92.7 Å². The molecule has 0 bridgehead atoms. The van der Waals surface area contributed by atoms with E-state index in [1.54, 1.807) is 27.7 Å². The third-order valence-corrected chi connectivity index (χ3v) is 2.62. The summed E-state index contributed by atoms with van der Waals surface area (Å²) in [7, 11) is -0.905. The van der Waals surface area contributed by atoms with Gasteiger partial charge in [0.05, 0.1) is 11.2 Å². The average Bonchev–Trinajstić information content (AvgIpc) is 2.01. The Morgan fingerprint density at radius 2 is 1.73 bits per heavy atom. The Morgan fingerprint density at radius 1 is 1.20 bits per heavy atom. The van der Waals surface area contributed by atoms with Gasteiger partial charge < -0.3 is 19.5 Å². The van der Waals surface area contributed by atoms with Gasteiger partial charge in [0.2, 0.25) is 0 Å². The van der Waals surface area contributed by atoms with Gasteiger partial charge in [0, 0.05) is 19.5 Å². The van der Waals surface area contributed by atoms with Crippen molar-refractivity contribution < 1.29 is 19.5 Å². The van der Waals surface area contributed by atoms with E-state index in [0.717, 1.165) is 0 Å². The van der Waals surface area contributed by atoms with Crippen LogP contribution in [-0.4, -0.2) is 41.7 Å². The quantitative estimate of drug-likeness (QED) is 0.495. The molecule has 5 heteroatoms. The highest BCUT2D eigenvalue weighted by Crippen LogP contribution is 2.25. The zero-order chi connectivity index (χ0) is 12.1. The van der Waals surface area contributed by atoms with Crippen molar-refractivity contribution in [1.29, 1.82) is 0 Å². The molecule has 0 aromatic rings. The second kappa shape index (κ2) is 5.84. The van der Waals surface area contributed by atoms with Crippen molar-refractivity contribution >= 4 is 7.12 Å². The third-order valence-electron chi connectivity index (χ3n) is 2.62. The maximum Gasteiger partial charge on any atom is 0.456 e. The number of rotatable bonds is 7. The summed E-state index contributed by atoms with van der Waals surface area (Å²) >= 11 is 0. The van der Waals surface area contributed by atoms with E-state index in [2.05, 4.69) is 0 Å². The van der Waals surface area contributed by atoms with Gasteiger partial charge in [-0.25, -0.2) is 0 Å². The molecule has 0 amide bonds. The Balaban J connectivity index is 3.99. The molecule has 0 aromatic heterocycles. The molecule has 0 aliphatic heterocycles. The molecule has 0 radical (unpaired) electrons. The maximum atomic E-state index is 9.80. The average molecular weight is 218 g/mol. The van der Waals surface area contributed by atoms with Crippen LogP contribution in [0.2, 0.25) is 6.32 Å². The number of ether oxygens (including phenoxy) is 1. The topological polar surface area (TPSA) is 58.9 Å². The summed E-state index contributed by atoms with van der Waals surface area (Å²) in [4.78, 5) is 0. The lowest BCUT2D eigenvalue weighted by atomic mass is 9.81. The molecule has 0 aliphatic rings. The van der Waals surface area contributed by atoms with Crippen molar-refractivity contribution in [3.05, 3.63) is 0 Å². The van der Waals surface area contributed by atoms with Crippen LogP contribution in [0, 0.1) is 0 Å². The number of aliphatic hydroxyl groups is 1. The minimum atomic E-state index is -1.00. The molecular weight excluding hydrogens is 195 g/mol. The van der Waals surface area contributed by atoms with Crippen molar-refractivity contribution in [2.45, 2.75) is 52.1 Å². The van der Waals surface area contributed by atoms with Crippen LogP contribution < -0.4 is 0 Å². The number of hydrogen-bond donors (Lipinski definition) is 2. The molecule has 2 N–H and O–H groups in total. The fraction of sp³-hybridized carbons (Fsp3) is 1.00. The highest BCUT2D eigenvalue weighted by Gasteiger charge is 2.38. The molecule has 0 fully saturated rings. The molecule has 15 heavy (non-hydrogen) atoms. The van der Waals surface area contributed by atoms with E-state index < -0.39 is 18.3 Å². The predicted octanol–water partition coefficient (Wildman–Crippen LogP) is 1.07. The van der Waals surface area contributed by atoms with Gasteiger partial charge in [-0.3, -0.25) is 0 Å². The fourth-order valence-electron chi connectivity index (χ4n) is 0.872. The molecule has 0 unspecified atom stereocenters. The summed E-state index contributed by atoms with van der Waals surface area (Å²) in [5.74, 6) is 0. The van der Waals surface area contributed by atoms with Crippen LogP contribution in [-0.2, 0) is 9.39 Å². The molecule has 90 valence electrons. The van der Waals surface area contributed by atoms with Gasteiger partial charge in [-0.2, -0.15) is 0 Å². The monoisotopic (exact) mass is 218 g/mol. The van der Waals surface area contributed by atoms with Crippen molar-refractivity contribution in [3.8, 4) is 0 Å². The summed E-state index contributed by atoms with van der Waals surface area (Å²) in [6.07, 6.45) is 0.410. The molecule has 0 aliphatic carbocycles. The first-order valence-electron chi connectivity index (χ1n) is 5.36. The first kappa shape index (κ1) is 14.9. The Kier molecular flexibility index (Phi) is 5.81. The highest BCUT2D eigenvalue weighted by atomic mass is 16.6. The summed E-state index contributed by atoms with van der Waals surface area (Å²) in [5.41, 5.74) is -1.79. The molecule has 0 saturated heterocycles. The minimum Gasteiger partial charge on any atom is -0.427 e. The molecule has 4 nitrogen and oxygen atoms in total. The van der Waals surface area contributed by atoms with Gasteiger partial charge in [0.1, 0.15) is 0 Å². The molecule has 0 atom stereocenters. The summed E-state index contributed by atoms with van der Waals surface area (Å²) < 4.78 is 10.5. The molecular formula is C10H23BO4. The fourth-order valence-corrected chi connectivity index (χ4v) is 0.872. The second-order valence-corrected chi connectivity index (χ2v) is 4.63. The summed E-state index contributed by atoms with van der Waals surface area (Å²) in [6, 6.07) is 0. The smallest absolute Gasteiger partial charge is 0.427 e. The van der Waals surface area contributed by atoms with Crippen molar-refractivity contribution in [2.24, 2.45) is 0 Å². The van der Waals surface area contributed by atoms with Crippen LogP contribution in [0.4, 0.5) is 0 Å². The highest BCUT2D eigenvalue weighted by molar-refractivity contribution is 6.42. The van der Waals surface area contributed by atoms with E-state index in [-0.39, 0.29) is 0 Å². The van der Waals surface area contributed by atoms with Crippen molar-refractivity contribution in [3.63, 3.8) is 0 Å². The van der Waals surface area contributed by atoms with E-state index in [0.29, 0.717) is 19.5 Å². The van der Waals surface area contributed by atoms with Crippen LogP contribution in [0.1, 0.15) is 34.6 Å². The molecule has 0 aromatic carbocycles. The zero-order valence-corrected chi connectivity index (χ0v) is 10.4. The van der Waals surface area contributed by atoms with Crippen molar-refractivity contribution in [1.82, 2.24) is 0 Å². The lowest BCUT2D eigenvalue weighted by molar-refractivity contribution is -0.100. The van der Waals surface area contributed by atoms with Crippen LogP contribution in [0.25, 0.3) is 0 Å². The number of hydrogen-bond acceptors (Lipinski definition) is 4. The lowest BCUT2D eigenvalue weighted by Crippen LogP contribution is -2.50. The van der Waals surface area contributed by atoms with Crippen LogP contribution in [0.3, 0.4) is 0 Å². The van der Waals surface area contributed by atoms with Gasteiger partial charge in [-0.15, -0.1) is 0 Å². The van der Waals surface area contributed by atoms with Gasteiger partial charge in [-0.1, -0.05) is 0 Å². The van der Waals surface area contributed by atoms with E-state index in [9.17, 15) is 10.1 Å². The third kappa shape index (κ3) is 5.51. The second-order valence-electron chi connectivity index (χ2n) is 4.63. The largest absolute Gasteiger partial charge is 0.456 e. The van der Waals surface area contributed by atoms with Crippen molar-refractivity contribution in [2.75, 3.05) is 13.2 Å². The zero-order valence-electron chi connectivity index (χ0n) is 10.4. The van der Waals surface area contributed by atoms with Crippen LogP contribution >= 0.6 is 0 Å². The Morgan fingerprint density at radius 3 is 2.13 bits per heavy atom. The van der Waals surface area contributed by atoms with E-state index in [1.165, 1.54) is 0 Å².